The highest BCUT2D eigenvalue weighted by molar-refractivity contribution is 6.00. The van der Waals surface area contributed by atoms with E-state index in [2.05, 4.69) is 0 Å². The average molecular weight is 328 g/mol. The molecular formula is C19H24N2O3. The van der Waals surface area contributed by atoms with Gasteiger partial charge in [0.05, 0.1) is 17.9 Å². The second-order valence-electron chi connectivity index (χ2n) is 7.25. The van der Waals surface area contributed by atoms with Gasteiger partial charge in [-0.3, -0.25) is 9.59 Å². The van der Waals surface area contributed by atoms with Crippen molar-refractivity contribution in [2.45, 2.75) is 25.7 Å². The van der Waals surface area contributed by atoms with Crippen LogP contribution in [0, 0.1) is 11.3 Å². The molecule has 24 heavy (non-hydrogen) atoms. The summed E-state index contributed by atoms with van der Waals surface area (Å²) in [5, 5.41) is 0. The fourth-order valence-electron chi connectivity index (χ4n) is 4.36. The molecule has 1 spiro atoms. The van der Waals surface area contributed by atoms with Gasteiger partial charge in [0.1, 0.15) is 0 Å². The molecule has 3 heterocycles. The molecule has 0 aliphatic carbocycles. The van der Waals surface area contributed by atoms with E-state index in [4.69, 9.17) is 4.74 Å². The number of carbonyl (C=O) groups excluding carboxylic acids is 2. The molecule has 1 aromatic rings. The summed E-state index contributed by atoms with van der Waals surface area (Å²) < 4.78 is 5.36. The van der Waals surface area contributed by atoms with Gasteiger partial charge in [0, 0.05) is 31.9 Å². The van der Waals surface area contributed by atoms with Crippen LogP contribution in [0.4, 0.5) is 5.69 Å². The van der Waals surface area contributed by atoms with Crippen molar-refractivity contribution >= 4 is 17.5 Å². The number of hydrogen-bond acceptors (Lipinski definition) is 3. The Balaban J connectivity index is 1.50. The van der Waals surface area contributed by atoms with Gasteiger partial charge < -0.3 is 14.5 Å². The molecular weight excluding hydrogens is 304 g/mol. The van der Waals surface area contributed by atoms with E-state index in [0.29, 0.717) is 19.8 Å². The first-order chi connectivity index (χ1) is 11.7. The summed E-state index contributed by atoms with van der Waals surface area (Å²) in [5.41, 5.74) is 0.579. The number of carbonyl (C=O) groups is 2. The molecule has 0 saturated carbocycles. The third-order valence-electron chi connectivity index (χ3n) is 5.75. The van der Waals surface area contributed by atoms with Crippen molar-refractivity contribution in [3.63, 3.8) is 0 Å². The summed E-state index contributed by atoms with van der Waals surface area (Å²) in [5.74, 6) is 0.355. The van der Waals surface area contributed by atoms with E-state index in [-0.39, 0.29) is 23.1 Å². The summed E-state index contributed by atoms with van der Waals surface area (Å²) in [4.78, 5) is 29.7. The molecule has 3 saturated heterocycles. The van der Waals surface area contributed by atoms with Gasteiger partial charge >= 0.3 is 0 Å². The number of likely N-dealkylation sites (tertiary alicyclic amines) is 1. The van der Waals surface area contributed by atoms with Gasteiger partial charge in [-0.1, -0.05) is 18.2 Å². The quantitative estimate of drug-likeness (QED) is 0.835. The van der Waals surface area contributed by atoms with Gasteiger partial charge in [0.2, 0.25) is 11.8 Å². The maximum atomic E-state index is 13.1. The van der Waals surface area contributed by atoms with Gasteiger partial charge in [-0.15, -0.1) is 0 Å². The molecule has 1 aromatic carbocycles. The van der Waals surface area contributed by atoms with Crippen molar-refractivity contribution < 1.29 is 14.3 Å². The molecule has 0 radical (unpaired) electrons. The molecule has 2 atom stereocenters. The molecule has 5 nitrogen and oxygen atoms in total. The Bertz CT molecular complexity index is 627. The highest BCUT2D eigenvalue weighted by atomic mass is 16.5. The van der Waals surface area contributed by atoms with Gasteiger partial charge in [0.15, 0.2) is 0 Å². The second-order valence-corrected chi connectivity index (χ2v) is 7.25. The van der Waals surface area contributed by atoms with Crippen LogP contribution in [0.25, 0.3) is 0 Å². The Morgan fingerprint density at radius 2 is 2.00 bits per heavy atom. The lowest BCUT2D eigenvalue weighted by Crippen LogP contribution is -2.51. The molecule has 5 heteroatoms. The maximum absolute atomic E-state index is 13.1. The van der Waals surface area contributed by atoms with E-state index in [9.17, 15) is 9.59 Å². The van der Waals surface area contributed by atoms with Crippen LogP contribution in [-0.4, -0.2) is 49.6 Å². The topological polar surface area (TPSA) is 49.9 Å². The molecule has 0 aromatic heterocycles. The predicted octanol–water partition coefficient (Wildman–Crippen LogP) is 2.07. The SMILES string of the molecule is O=C([C@@H]1CCOC1)N1CCC[C@]2(CCN(c3ccccc3)C2=O)C1. The molecule has 4 rings (SSSR count). The Morgan fingerprint density at radius 1 is 1.17 bits per heavy atom. The van der Waals surface area contributed by atoms with Gasteiger partial charge in [-0.25, -0.2) is 0 Å². The third-order valence-corrected chi connectivity index (χ3v) is 5.75. The zero-order valence-corrected chi connectivity index (χ0v) is 13.9. The molecule has 128 valence electrons. The summed E-state index contributed by atoms with van der Waals surface area (Å²) in [6.07, 6.45) is 3.45. The second kappa shape index (κ2) is 6.20. The summed E-state index contributed by atoms with van der Waals surface area (Å²) in [6, 6.07) is 9.86. The summed E-state index contributed by atoms with van der Waals surface area (Å²) in [7, 11) is 0. The summed E-state index contributed by atoms with van der Waals surface area (Å²) >= 11 is 0. The van der Waals surface area contributed by atoms with Crippen LogP contribution in [-0.2, 0) is 14.3 Å². The van der Waals surface area contributed by atoms with Crippen LogP contribution >= 0.6 is 0 Å². The van der Waals surface area contributed by atoms with Crippen molar-refractivity contribution in [1.29, 1.82) is 0 Å². The maximum Gasteiger partial charge on any atom is 0.235 e. The first-order valence-electron chi connectivity index (χ1n) is 8.93. The number of amides is 2. The first-order valence-corrected chi connectivity index (χ1v) is 8.93. The van der Waals surface area contributed by atoms with Crippen LogP contribution in [0.1, 0.15) is 25.7 Å². The van der Waals surface area contributed by atoms with E-state index in [1.165, 1.54) is 0 Å². The number of piperidine rings is 1. The molecule has 3 fully saturated rings. The smallest absolute Gasteiger partial charge is 0.235 e. The zero-order valence-electron chi connectivity index (χ0n) is 13.9. The van der Waals surface area contributed by atoms with Crippen LogP contribution < -0.4 is 4.90 Å². The number of ether oxygens (including phenoxy) is 1. The summed E-state index contributed by atoms with van der Waals surface area (Å²) in [6.45, 7) is 3.31. The molecule has 2 amide bonds. The number of nitrogens with zero attached hydrogens (tertiary/aromatic N) is 2. The van der Waals surface area contributed by atoms with Crippen molar-refractivity contribution in [2.24, 2.45) is 11.3 Å². The largest absolute Gasteiger partial charge is 0.381 e. The van der Waals surface area contributed by atoms with Crippen LogP contribution in [0.2, 0.25) is 0 Å². The predicted molar refractivity (Wildman–Crippen MR) is 90.6 cm³/mol. The normalized spacial score (nSPS) is 30.3. The number of rotatable bonds is 2. The van der Waals surface area contributed by atoms with Crippen LogP contribution in [0.3, 0.4) is 0 Å². The lowest BCUT2D eigenvalue weighted by molar-refractivity contribution is -0.141. The number of hydrogen-bond donors (Lipinski definition) is 0. The van der Waals surface area contributed by atoms with Gasteiger partial charge in [-0.2, -0.15) is 0 Å². The average Bonchev–Trinajstić information content (AvgIpc) is 3.26. The minimum atomic E-state index is -0.386. The molecule has 0 bridgehead atoms. The zero-order chi connectivity index (χ0) is 16.6. The van der Waals surface area contributed by atoms with Gasteiger partial charge in [0.25, 0.3) is 0 Å². The van der Waals surface area contributed by atoms with Crippen molar-refractivity contribution in [2.75, 3.05) is 37.7 Å². The fraction of sp³-hybridized carbons (Fsp3) is 0.579. The molecule has 0 N–H and O–H groups in total. The lowest BCUT2D eigenvalue weighted by atomic mass is 9.78. The van der Waals surface area contributed by atoms with E-state index in [0.717, 1.165) is 44.5 Å². The lowest BCUT2D eigenvalue weighted by Gasteiger charge is -2.39. The van der Waals surface area contributed by atoms with E-state index in [1.54, 1.807) is 0 Å². The number of para-hydroxylation sites is 1. The third kappa shape index (κ3) is 2.61. The van der Waals surface area contributed by atoms with Crippen LogP contribution in [0.5, 0.6) is 0 Å². The fourth-order valence-corrected chi connectivity index (χ4v) is 4.36. The Hall–Kier alpha value is -1.88. The first kappa shape index (κ1) is 15.6. The Labute approximate surface area is 142 Å². The van der Waals surface area contributed by atoms with Crippen molar-refractivity contribution in [3.8, 4) is 0 Å². The van der Waals surface area contributed by atoms with Crippen molar-refractivity contribution in [1.82, 2.24) is 4.90 Å². The Morgan fingerprint density at radius 3 is 2.75 bits per heavy atom. The van der Waals surface area contributed by atoms with Crippen LogP contribution in [0.15, 0.2) is 30.3 Å². The molecule has 3 aliphatic rings. The molecule has 3 aliphatic heterocycles. The standard InChI is InChI=1S/C19H24N2O3/c22-17(15-7-12-24-13-15)20-10-4-8-19(14-20)9-11-21(18(19)23)16-5-2-1-3-6-16/h1-3,5-6,15H,4,7-14H2/t15-,19+/m1/s1. The monoisotopic (exact) mass is 328 g/mol. The van der Waals surface area contributed by atoms with Gasteiger partial charge in [-0.05, 0) is 37.8 Å². The number of benzene rings is 1. The molecule has 0 unspecified atom stereocenters. The van der Waals surface area contributed by atoms with E-state index >= 15 is 0 Å². The Kier molecular flexibility index (Phi) is 4.04. The van der Waals surface area contributed by atoms with Crippen molar-refractivity contribution in [3.05, 3.63) is 30.3 Å². The highest BCUT2D eigenvalue weighted by Crippen LogP contribution is 2.42. The highest BCUT2D eigenvalue weighted by Gasteiger charge is 2.50. The minimum Gasteiger partial charge on any atom is -0.381 e. The van der Waals surface area contributed by atoms with E-state index in [1.807, 2.05) is 40.1 Å². The minimum absolute atomic E-state index is 0.0121. The number of anilines is 1. The van der Waals surface area contributed by atoms with E-state index < -0.39 is 0 Å².